The van der Waals surface area contributed by atoms with Gasteiger partial charge in [0, 0.05) is 12.3 Å². The predicted octanol–water partition coefficient (Wildman–Crippen LogP) is 0.294. The topological polar surface area (TPSA) is 256 Å². The van der Waals surface area contributed by atoms with Gasteiger partial charge in [-0.15, -0.1) is 0 Å². The zero-order valence-electron chi connectivity index (χ0n) is 36.8. The maximum atomic E-state index is 12.0. The highest BCUT2D eigenvalue weighted by molar-refractivity contribution is 5.15. The van der Waals surface area contributed by atoms with Crippen molar-refractivity contribution in [2.75, 3.05) is 19.8 Å². The highest BCUT2D eigenvalue weighted by Gasteiger charge is 2.69. The molecule has 9 aliphatic rings. The van der Waals surface area contributed by atoms with Gasteiger partial charge in [0.15, 0.2) is 24.7 Å². The normalized spacial score (nSPS) is 58.9. The molecule has 4 saturated carbocycles. The molecule has 4 aliphatic carbocycles. The van der Waals surface area contributed by atoms with Crippen LogP contribution in [-0.2, 0) is 37.9 Å². The average molecular weight is 887 g/mol. The molecular weight excluding hydrogens is 812 g/mol. The van der Waals surface area contributed by atoms with Crippen LogP contribution in [0.5, 0.6) is 0 Å². The molecule has 0 amide bonds. The minimum Gasteiger partial charge on any atom is -0.394 e. The Labute approximate surface area is 364 Å². The molecule has 9 rings (SSSR count). The summed E-state index contributed by atoms with van der Waals surface area (Å²) in [5.41, 5.74) is 0.320. The number of aliphatic hydroxyl groups excluding tert-OH is 9. The van der Waals surface area contributed by atoms with Crippen LogP contribution < -0.4 is 0 Å². The lowest BCUT2D eigenvalue weighted by molar-refractivity contribution is -0.390. The Morgan fingerprint density at radius 2 is 1.24 bits per heavy atom. The van der Waals surface area contributed by atoms with Crippen LogP contribution >= 0.6 is 0 Å². The highest BCUT2D eigenvalue weighted by atomic mass is 16.8. The van der Waals surface area contributed by atoms with E-state index in [2.05, 4.69) is 27.7 Å². The van der Waals surface area contributed by atoms with E-state index in [9.17, 15) is 46.0 Å². The quantitative estimate of drug-likeness (QED) is 0.149. The van der Waals surface area contributed by atoms with Gasteiger partial charge in [-0.2, -0.15) is 0 Å². The molecule has 9 fully saturated rings. The molecule has 0 aromatic carbocycles. The Hall–Kier alpha value is -0.680. The van der Waals surface area contributed by atoms with Gasteiger partial charge in [0.2, 0.25) is 0 Å². The third kappa shape index (κ3) is 7.56. The summed E-state index contributed by atoms with van der Waals surface area (Å²) in [4.78, 5) is 0. The van der Waals surface area contributed by atoms with Crippen molar-refractivity contribution in [3.63, 3.8) is 0 Å². The summed E-state index contributed by atoms with van der Waals surface area (Å²) >= 11 is 0. The molecule has 27 atom stereocenters. The van der Waals surface area contributed by atoms with Gasteiger partial charge >= 0.3 is 0 Å². The maximum absolute atomic E-state index is 12.0. The predicted molar refractivity (Wildman–Crippen MR) is 214 cm³/mol. The molecule has 5 aliphatic heterocycles. The second-order valence-electron chi connectivity index (χ2n) is 21.5. The van der Waals surface area contributed by atoms with Crippen molar-refractivity contribution in [3.8, 4) is 0 Å². The molecule has 12 unspecified atom stereocenters. The van der Waals surface area contributed by atoms with E-state index in [1.807, 2.05) is 0 Å². The number of ether oxygens (including phenoxy) is 8. The van der Waals surface area contributed by atoms with Crippen LogP contribution in [0.3, 0.4) is 0 Å². The molecule has 356 valence electrons. The first-order valence-corrected chi connectivity index (χ1v) is 23.7. The molecule has 0 aromatic heterocycles. The number of fused-ring (bicyclic) bond motifs is 7. The first-order chi connectivity index (χ1) is 29.4. The molecule has 0 bridgehead atoms. The molecule has 62 heavy (non-hydrogen) atoms. The zero-order chi connectivity index (χ0) is 44.2. The van der Waals surface area contributed by atoms with E-state index in [1.165, 1.54) is 19.8 Å². The van der Waals surface area contributed by atoms with Gasteiger partial charge < -0.3 is 83.9 Å². The summed E-state index contributed by atoms with van der Waals surface area (Å²) in [7, 11) is 0. The van der Waals surface area contributed by atoms with Crippen molar-refractivity contribution in [1.29, 1.82) is 0 Å². The van der Waals surface area contributed by atoms with E-state index in [0.29, 0.717) is 47.8 Å². The van der Waals surface area contributed by atoms with E-state index in [-0.39, 0.29) is 23.0 Å². The standard InChI is InChI=1S/C45H74O17/c1-19-8-13-45(55-18-19)20(2)30-27(62-45)15-26-24-7-6-22-14-23(9-11-43(22,4)25(24)10-12-44(26,30)5)57-42-39(61-40-35(52)33(50)31(48)21(3)56-40)37(54)38(29(17-47)59-42)60-41-36(53)34(51)32(49)28(16-46)58-41/h19-42,46-54H,6-18H2,1-5H3/t19?,20?,21-,22?,23-,24+,25?,26?,27?,28?,29+,30?,31?,32+,33+,34?,35+,36+,37-,38-,39?,40-,41-,42?,43-,44-,45+/m0/s1. The minimum absolute atomic E-state index is 0.103. The van der Waals surface area contributed by atoms with Gasteiger partial charge in [0.05, 0.1) is 38.1 Å². The SMILES string of the molecule is CC1CC[C@@]2(OC1)OC1CC3[C@@H]4CCC5C[C@@H](OC6O[C@H](CO)[C@H](O[C@@H]7OC(CO)[C@@H](O)C(O)[C@H]7O)[C@H](O)C6O[C@@H]6O[C@@H](C)C(O)[C@@H](O)[C@H]6O)CC[C@]5(C)C4CC[C@]3(C)C1C2C. The van der Waals surface area contributed by atoms with Gasteiger partial charge in [0.25, 0.3) is 0 Å². The van der Waals surface area contributed by atoms with Gasteiger partial charge in [-0.3, -0.25) is 0 Å². The fourth-order valence-corrected chi connectivity index (χ4v) is 14.6. The molecular formula is C45H74O17. The van der Waals surface area contributed by atoms with Crippen molar-refractivity contribution in [3.05, 3.63) is 0 Å². The van der Waals surface area contributed by atoms with Crippen LogP contribution in [0.15, 0.2) is 0 Å². The number of aliphatic hydroxyl groups is 9. The van der Waals surface area contributed by atoms with E-state index < -0.39 is 111 Å². The van der Waals surface area contributed by atoms with Crippen LogP contribution in [0.4, 0.5) is 0 Å². The second kappa shape index (κ2) is 17.4. The molecule has 1 spiro atoms. The van der Waals surface area contributed by atoms with E-state index in [4.69, 9.17) is 37.9 Å². The Kier molecular flexibility index (Phi) is 13.1. The summed E-state index contributed by atoms with van der Waals surface area (Å²) in [5.74, 6) is 3.18. The first-order valence-electron chi connectivity index (χ1n) is 23.7. The average Bonchev–Trinajstić information content (AvgIpc) is 3.70. The second-order valence-corrected chi connectivity index (χ2v) is 21.5. The molecule has 0 radical (unpaired) electrons. The van der Waals surface area contributed by atoms with Crippen LogP contribution in [-0.4, -0.2) is 176 Å². The highest BCUT2D eigenvalue weighted by Crippen LogP contribution is 2.71. The third-order valence-electron chi connectivity index (χ3n) is 18.2. The van der Waals surface area contributed by atoms with Crippen molar-refractivity contribution in [1.82, 2.24) is 0 Å². The van der Waals surface area contributed by atoms with E-state index in [1.54, 1.807) is 0 Å². The first kappa shape index (κ1) is 46.4. The van der Waals surface area contributed by atoms with Crippen molar-refractivity contribution in [2.45, 2.75) is 209 Å². The summed E-state index contributed by atoms with van der Waals surface area (Å²) in [5, 5.41) is 95.8. The number of hydrogen-bond acceptors (Lipinski definition) is 17. The maximum Gasteiger partial charge on any atom is 0.187 e. The molecule has 5 heterocycles. The molecule has 5 saturated heterocycles. The van der Waals surface area contributed by atoms with Crippen molar-refractivity contribution >= 4 is 0 Å². The lowest BCUT2D eigenvalue weighted by Crippen LogP contribution is -2.67. The Balaban J connectivity index is 0.899. The molecule has 17 nitrogen and oxygen atoms in total. The largest absolute Gasteiger partial charge is 0.394 e. The van der Waals surface area contributed by atoms with Crippen LogP contribution in [0.2, 0.25) is 0 Å². The van der Waals surface area contributed by atoms with Crippen LogP contribution in [0.1, 0.15) is 98.8 Å². The van der Waals surface area contributed by atoms with Gasteiger partial charge in [0.1, 0.15) is 67.1 Å². The third-order valence-corrected chi connectivity index (χ3v) is 18.2. The van der Waals surface area contributed by atoms with E-state index in [0.717, 1.165) is 51.6 Å². The lowest BCUT2D eigenvalue weighted by Gasteiger charge is -2.61. The smallest absolute Gasteiger partial charge is 0.187 e. The van der Waals surface area contributed by atoms with Gasteiger partial charge in [-0.05, 0) is 111 Å². The molecule has 9 N–H and O–H groups in total. The fraction of sp³-hybridized carbons (Fsp3) is 1.00. The summed E-state index contributed by atoms with van der Waals surface area (Å²) in [6.07, 6.45) is -12.6. The van der Waals surface area contributed by atoms with Crippen LogP contribution in [0, 0.1) is 52.3 Å². The van der Waals surface area contributed by atoms with Crippen molar-refractivity contribution in [2.24, 2.45) is 52.3 Å². The number of rotatable bonds is 8. The minimum atomic E-state index is -1.81. The molecule has 17 heteroatoms. The zero-order valence-corrected chi connectivity index (χ0v) is 36.8. The van der Waals surface area contributed by atoms with Crippen molar-refractivity contribution < 1.29 is 83.9 Å². The number of hydrogen-bond donors (Lipinski definition) is 9. The van der Waals surface area contributed by atoms with Crippen LogP contribution in [0.25, 0.3) is 0 Å². The Morgan fingerprint density at radius 3 is 1.94 bits per heavy atom. The summed E-state index contributed by atoms with van der Waals surface area (Å²) in [6.45, 7) is 10.6. The van der Waals surface area contributed by atoms with Gasteiger partial charge in [-0.25, -0.2) is 0 Å². The monoisotopic (exact) mass is 886 g/mol. The fourth-order valence-electron chi connectivity index (χ4n) is 14.6. The summed E-state index contributed by atoms with van der Waals surface area (Å²) < 4.78 is 50.0. The van der Waals surface area contributed by atoms with Gasteiger partial charge in [-0.1, -0.05) is 27.7 Å². The van der Waals surface area contributed by atoms with E-state index >= 15 is 0 Å². The Bertz CT molecular complexity index is 1550. The molecule has 0 aromatic rings. The summed E-state index contributed by atoms with van der Waals surface area (Å²) in [6, 6.07) is 0. The lowest BCUT2D eigenvalue weighted by atomic mass is 9.44. The Morgan fingerprint density at radius 1 is 0.581 bits per heavy atom.